The second-order valence-electron chi connectivity index (χ2n) is 8.26. The molecule has 0 aliphatic rings. The molecule has 0 atom stereocenters. The molecule has 1 N–H and O–H groups in total. The van der Waals surface area contributed by atoms with Crippen LogP contribution in [0.4, 0.5) is 10.2 Å². The second kappa shape index (κ2) is 7.68. The summed E-state index contributed by atoms with van der Waals surface area (Å²) in [6.07, 6.45) is 1.11. The van der Waals surface area contributed by atoms with Crippen LogP contribution in [0, 0.1) is 12.7 Å². The van der Waals surface area contributed by atoms with E-state index in [9.17, 15) is 17.6 Å². The Hall–Kier alpha value is -3.00. The summed E-state index contributed by atoms with van der Waals surface area (Å²) < 4.78 is 38.9. The number of nitrogens with one attached hydrogen (secondary N) is 1. The summed E-state index contributed by atoms with van der Waals surface area (Å²) in [5, 5.41) is 7.39. The molecule has 0 aliphatic carbocycles. The zero-order valence-electron chi connectivity index (χ0n) is 17.5. The Balaban J connectivity index is 2.03. The maximum absolute atomic E-state index is 13.3. The van der Waals surface area contributed by atoms with Crippen LogP contribution in [-0.4, -0.2) is 30.4 Å². The molecule has 8 heteroatoms. The zero-order valence-corrected chi connectivity index (χ0v) is 18.3. The van der Waals surface area contributed by atoms with E-state index in [4.69, 9.17) is 0 Å². The third kappa shape index (κ3) is 4.59. The number of amides is 1. The number of hydrogen-bond donors (Lipinski definition) is 1. The van der Waals surface area contributed by atoms with Crippen LogP contribution in [0.1, 0.15) is 42.4 Å². The van der Waals surface area contributed by atoms with Gasteiger partial charge in [0.15, 0.2) is 9.84 Å². The molecule has 0 spiro atoms. The standard InChI is InChI=1S/C22H24FN3O3S/c1-14-6-7-15(12-18(14)30(5,28)29)21(27)24-20-13-19(22(2,3)4)25-26(20)17-10-8-16(23)9-11-17/h6-13H,1-5H3,(H,24,27). The van der Waals surface area contributed by atoms with Crippen LogP contribution in [0.5, 0.6) is 0 Å². The molecule has 0 unspecified atom stereocenters. The smallest absolute Gasteiger partial charge is 0.256 e. The van der Waals surface area contributed by atoms with E-state index in [1.54, 1.807) is 37.3 Å². The van der Waals surface area contributed by atoms with Crippen molar-refractivity contribution in [1.29, 1.82) is 0 Å². The Bertz CT molecular complexity index is 1210. The number of nitrogens with zero attached hydrogens (tertiary/aromatic N) is 2. The first kappa shape index (κ1) is 21.7. The number of carbonyl (C=O) groups is 1. The number of anilines is 1. The molecule has 1 amide bonds. The van der Waals surface area contributed by atoms with Crippen LogP contribution in [0.2, 0.25) is 0 Å². The lowest BCUT2D eigenvalue weighted by atomic mass is 9.92. The molecule has 1 aromatic heterocycles. The lowest BCUT2D eigenvalue weighted by Crippen LogP contribution is -2.16. The van der Waals surface area contributed by atoms with Gasteiger partial charge in [-0.15, -0.1) is 0 Å². The van der Waals surface area contributed by atoms with E-state index in [0.29, 0.717) is 17.1 Å². The van der Waals surface area contributed by atoms with Crippen molar-refractivity contribution in [3.63, 3.8) is 0 Å². The van der Waals surface area contributed by atoms with Gasteiger partial charge in [-0.2, -0.15) is 5.10 Å². The van der Waals surface area contributed by atoms with Gasteiger partial charge < -0.3 is 5.32 Å². The van der Waals surface area contributed by atoms with Gasteiger partial charge in [0.1, 0.15) is 11.6 Å². The van der Waals surface area contributed by atoms with Crippen LogP contribution in [-0.2, 0) is 15.3 Å². The summed E-state index contributed by atoms with van der Waals surface area (Å²) in [6, 6.07) is 12.1. The van der Waals surface area contributed by atoms with Crippen molar-refractivity contribution in [2.45, 2.75) is 38.0 Å². The van der Waals surface area contributed by atoms with Crippen molar-refractivity contribution >= 4 is 21.6 Å². The van der Waals surface area contributed by atoms with Crippen molar-refractivity contribution in [2.24, 2.45) is 0 Å². The largest absolute Gasteiger partial charge is 0.306 e. The molecule has 0 fully saturated rings. The highest BCUT2D eigenvalue weighted by molar-refractivity contribution is 7.90. The van der Waals surface area contributed by atoms with Gasteiger partial charge in [-0.25, -0.2) is 17.5 Å². The number of halogens is 1. The molecular weight excluding hydrogens is 405 g/mol. The van der Waals surface area contributed by atoms with Crippen molar-refractivity contribution in [3.8, 4) is 5.69 Å². The van der Waals surface area contributed by atoms with Crippen molar-refractivity contribution in [2.75, 3.05) is 11.6 Å². The van der Waals surface area contributed by atoms with Crippen LogP contribution in [0.25, 0.3) is 5.69 Å². The normalized spacial score (nSPS) is 12.1. The molecule has 0 radical (unpaired) electrons. The van der Waals surface area contributed by atoms with Crippen LogP contribution < -0.4 is 5.32 Å². The fourth-order valence-corrected chi connectivity index (χ4v) is 3.94. The molecule has 3 aromatic rings. The fraction of sp³-hybridized carbons (Fsp3) is 0.273. The first-order valence-corrected chi connectivity index (χ1v) is 11.2. The van der Waals surface area contributed by atoms with E-state index in [1.807, 2.05) is 20.8 Å². The highest BCUT2D eigenvalue weighted by Gasteiger charge is 2.22. The van der Waals surface area contributed by atoms with E-state index in [1.165, 1.54) is 22.9 Å². The summed E-state index contributed by atoms with van der Waals surface area (Å²) in [5.74, 6) is -0.442. The van der Waals surface area contributed by atoms with Gasteiger partial charge in [-0.1, -0.05) is 26.8 Å². The minimum atomic E-state index is -3.47. The topological polar surface area (TPSA) is 81.1 Å². The Kier molecular flexibility index (Phi) is 5.56. The highest BCUT2D eigenvalue weighted by Crippen LogP contribution is 2.27. The SMILES string of the molecule is Cc1ccc(C(=O)Nc2cc(C(C)(C)C)nn2-c2ccc(F)cc2)cc1S(C)(=O)=O. The predicted octanol–water partition coefficient (Wildman–Crippen LogP) is 4.27. The first-order valence-electron chi connectivity index (χ1n) is 9.35. The summed E-state index contributed by atoms with van der Waals surface area (Å²) in [5.41, 5.74) is 1.83. The van der Waals surface area contributed by atoms with Crippen LogP contribution in [0.15, 0.2) is 53.4 Å². The average Bonchev–Trinajstić information content (AvgIpc) is 3.06. The number of sulfone groups is 1. The van der Waals surface area contributed by atoms with Crippen LogP contribution >= 0.6 is 0 Å². The van der Waals surface area contributed by atoms with Gasteiger partial charge in [0, 0.05) is 23.3 Å². The summed E-state index contributed by atoms with van der Waals surface area (Å²) >= 11 is 0. The number of carbonyl (C=O) groups excluding carboxylic acids is 1. The maximum atomic E-state index is 13.3. The number of rotatable bonds is 4. The lowest BCUT2D eigenvalue weighted by Gasteiger charge is -2.14. The molecule has 0 bridgehead atoms. The van der Waals surface area contributed by atoms with Gasteiger partial charge in [0.2, 0.25) is 0 Å². The third-order valence-corrected chi connectivity index (χ3v) is 5.88. The minimum Gasteiger partial charge on any atom is -0.306 e. The van der Waals surface area contributed by atoms with Crippen LogP contribution in [0.3, 0.4) is 0 Å². The van der Waals surface area contributed by atoms with Gasteiger partial charge in [0.25, 0.3) is 5.91 Å². The molecular formula is C22H24FN3O3S. The van der Waals surface area contributed by atoms with E-state index in [2.05, 4.69) is 10.4 Å². The number of aryl methyl sites for hydroxylation is 1. The molecule has 0 saturated heterocycles. The van der Waals surface area contributed by atoms with Crippen molar-refractivity contribution in [1.82, 2.24) is 9.78 Å². The van der Waals surface area contributed by atoms with E-state index >= 15 is 0 Å². The van der Waals surface area contributed by atoms with E-state index in [-0.39, 0.29) is 21.7 Å². The van der Waals surface area contributed by atoms with Gasteiger partial charge >= 0.3 is 0 Å². The quantitative estimate of drug-likeness (QED) is 0.671. The van der Waals surface area contributed by atoms with Gasteiger partial charge in [-0.05, 0) is 48.9 Å². The predicted molar refractivity (Wildman–Crippen MR) is 114 cm³/mol. The Morgan fingerprint density at radius 3 is 2.27 bits per heavy atom. The van der Waals surface area contributed by atoms with E-state index < -0.39 is 15.7 Å². The number of aromatic nitrogens is 2. The number of hydrogen-bond acceptors (Lipinski definition) is 4. The summed E-state index contributed by atoms with van der Waals surface area (Å²) in [6.45, 7) is 7.66. The third-order valence-electron chi connectivity index (χ3n) is 4.64. The minimum absolute atomic E-state index is 0.109. The Morgan fingerprint density at radius 2 is 1.70 bits per heavy atom. The fourth-order valence-electron chi connectivity index (χ4n) is 2.95. The van der Waals surface area contributed by atoms with Gasteiger partial charge in [-0.3, -0.25) is 4.79 Å². The molecule has 0 aliphatic heterocycles. The average molecular weight is 430 g/mol. The lowest BCUT2D eigenvalue weighted by molar-refractivity contribution is 0.102. The molecule has 6 nitrogen and oxygen atoms in total. The molecule has 1 heterocycles. The summed E-state index contributed by atoms with van der Waals surface area (Å²) in [4.78, 5) is 13.0. The van der Waals surface area contributed by atoms with Crippen molar-refractivity contribution in [3.05, 3.63) is 71.2 Å². The Labute approximate surface area is 175 Å². The zero-order chi connectivity index (χ0) is 22.3. The molecule has 3 rings (SSSR count). The molecule has 158 valence electrons. The molecule has 30 heavy (non-hydrogen) atoms. The van der Waals surface area contributed by atoms with Crippen molar-refractivity contribution < 1.29 is 17.6 Å². The first-order chi connectivity index (χ1) is 13.9. The number of benzene rings is 2. The van der Waals surface area contributed by atoms with Gasteiger partial charge in [0.05, 0.1) is 16.3 Å². The molecule has 2 aromatic carbocycles. The van der Waals surface area contributed by atoms with E-state index in [0.717, 1.165) is 11.9 Å². The Morgan fingerprint density at radius 1 is 1.07 bits per heavy atom. The second-order valence-corrected chi connectivity index (χ2v) is 10.2. The maximum Gasteiger partial charge on any atom is 0.256 e. The highest BCUT2D eigenvalue weighted by atomic mass is 32.2. The summed E-state index contributed by atoms with van der Waals surface area (Å²) in [7, 11) is -3.47. The molecule has 0 saturated carbocycles. The monoisotopic (exact) mass is 429 g/mol.